The number of nitrogens with zero attached hydrogens (tertiary/aromatic N) is 2. The van der Waals surface area contributed by atoms with Crippen LogP contribution < -0.4 is 16.4 Å². The summed E-state index contributed by atoms with van der Waals surface area (Å²) in [4.78, 5) is 58.1. The molecule has 1 saturated heterocycles. The van der Waals surface area contributed by atoms with Gasteiger partial charge < -0.3 is 31.4 Å². The molecule has 11 nitrogen and oxygen atoms in total. The molecule has 2 heterocycles. The molecule has 3 rings (SSSR count). The summed E-state index contributed by atoms with van der Waals surface area (Å²) in [6, 6.07) is 6.19. The Morgan fingerprint density at radius 2 is 1.91 bits per heavy atom. The van der Waals surface area contributed by atoms with Crippen LogP contribution in [-0.2, 0) is 32.0 Å². The number of nitrogens with one attached hydrogen (secondary N) is 3. The van der Waals surface area contributed by atoms with Crippen molar-refractivity contribution in [3.8, 4) is 0 Å². The van der Waals surface area contributed by atoms with E-state index in [1.807, 2.05) is 30.3 Å². The van der Waals surface area contributed by atoms with Crippen molar-refractivity contribution in [1.29, 1.82) is 0 Å². The number of aromatic amines is 1. The summed E-state index contributed by atoms with van der Waals surface area (Å²) in [5, 5.41) is 14.8. The fraction of sp³-hybridized carbons (Fsp3) is 0.409. The molecule has 0 saturated carbocycles. The van der Waals surface area contributed by atoms with Crippen molar-refractivity contribution in [2.75, 3.05) is 13.1 Å². The highest BCUT2D eigenvalue weighted by Crippen LogP contribution is 2.20. The van der Waals surface area contributed by atoms with E-state index in [1.54, 1.807) is 0 Å². The molecular formula is C22H28N6O5. The van der Waals surface area contributed by atoms with E-state index in [0.717, 1.165) is 5.56 Å². The molecule has 176 valence electrons. The van der Waals surface area contributed by atoms with Crippen LogP contribution in [0.1, 0.15) is 24.1 Å². The molecular weight excluding hydrogens is 428 g/mol. The van der Waals surface area contributed by atoms with Crippen LogP contribution in [0.15, 0.2) is 42.9 Å². The highest BCUT2D eigenvalue weighted by atomic mass is 16.4. The standard InChI is InChI=1S/C22H28N6O5/c23-11-19(29)26-16(10-15-12-24-13-25-15)20(30)27-17(9-14-5-2-1-3-6-14)21(31)28-8-4-7-18(28)22(32)33/h1-3,5-6,12-13,16-18H,4,7-11,23H2,(H,24,25)(H,26,29)(H,27,30)(H,32,33). The van der Waals surface area contributed by atoms with Gasteiger partial charge in [-0.15, -0.1) is 0 Å². The first-order valence-corrected chi connectivity index (χ1v) is 10.7. The Bertz CT molecular complexity index is 965. The van der Waals surface area contributed by atoms with E-state index in [9.17, 15) is 24.3 Å². The van der Waals surface area contributed by atoms with Gasteiger partial charge in [0.25, 0.3) is 0 Å². The van der Waals surface area contributed by atoms with Crippen molar-refractivity contribution in [3.63, 3.8) is 0 Å². The summed E-state index contributed by atoms with van der Waals surface area (Å²) in [7, 11) is 0. The van der Waals surface area contributed by atoms with Gasteiger partial charge in [0.15, 0.2) is 0 Å². The third kappa shape index (κ3) is 6.39. The number of H-pyrrole nitrogens is 1. The summed E-state index contributed by atoms with van der Waals surface area (Å²) in [6.07, 6.45) is 4.21. The minimum atomic E-state index is -1.07. The van der Waals surface area contributed by atoms with Crippen molar-refractivity contribution < 1.29 is 24.3 Å². The van der Waals surface area contributed by atoms with Crippen LogP contribution in [0.5, 0.6) is 0 Å². The normalized spacial score (nSPS) is 17.2. The highest BCUT2D eigenvalue weighted by molar-refractivity contribution is 5.94. The number of carboxylic acid groups (broad SMARTS) is 1. The number of aliphatic carboxylic acids is 1. The van der Waals surface area contributed by atoms with E-state index in [0.29, 0.717) is 25.1 Å². The van der Waals surface area contributed by atoms with Gasteiger partial charge in [0, 0.05) is 31.3 Å². The van der Waals surface area contributed by atoms with E-state index >= 15 is 0 Å². The Labute approximate surface area is 190 Å². The average Bonchev–Trinajstić information content (AvgIpc) is 3.50. The summed E-state index contributed by atoms with van der Waals surface area (Å²) in [5.41, 5.74) is 6.81. The lowest BCUT2D eigenvalue weighted by molar-refractivity contribution is -0.149. The topological polar surface area (TPSA) is 171 Å². The lowest BCUT2D eigenvalue weighted by Gasteiger charge is -2.28. The molecule has 1 aliphatic heterocycles. The number of imidazole rings is 1. The van der Waals surface area contributed by atoms with Crippen molar-refractivity contribution in [2.24, 2.45) is 5.73 Å². The molecule has 0 bridgehead atoms. The maximum absolute atomic E-state index is 13.3. The van der Waals surface area contributed by atoms with Gasteiger partial charge >= 0.3 is 5.97 Å². The predicted molar refractivity (Wildman–Crippen MR) is 118 cm³/mol. The van der Waals surface area contributed by atoms with Crippen LogP contribution in [0.4, 0.5) is 0 Å². The second-order valence-corrected chi connectivity index (χ2v) is 7.88. The molecule has 6 N–H and O–H groups in total. The zero-order chi connectivity index (χ0) is 23.8. The smallest absolute Gasteiger partial charge is 0.326 e. The quantitative estimate of drug-likeness (QED) is 0.311. The first-order chi connectivity index (χ1) is 15.9. The number of hydrogen-bond acceptors (Lipinski definition) is 6. The summed E-state index contributed by atoms with van der Waals surface area (Å²) >= 11 is 0. The van der Waals surface area contributed by atoms with Gasteiger partial charge in [0.1, 0.15) is 18.1 Å². The Kier molecular flexibility index (Phi) is 8.14. The second-order valence-electron chi connectivity index (χ2n) is 7.88. The van der Waals surface area contributed by atoms with E-state index in [1.165, 1.54) is 17.4 Å². The SMILES string of the molecule is NCC(=O)NC(Cc1cnc[nH]1)C(=O)NC(Cc1ccccc1)C(=O)N1CCCC1C(=O)O. The number of likely N-dealkylation sites (tertiary alicyclic amines) is 1. The molecule has 11 heteroatoms. The number of rotatable bonds is 10. The van der Waals surface area contributed by atoms with Crippen LogP contribution in [0.3, 0.4) is 0 Å². The largest absolute Gasteiger partial charge is 0.480 e. The molecule has 3 unspecified atom stereocenters. The van der Waals surface area contributed by atoms with E-state index in [2.05, 4.69) is 20.6 Å². The number of carbonyl (C=O) groups excluding carboxylic acids is 3. The van der Waals surface area contributed by atoms with Gasteiger partial charge in [-0.05, 0) is 18.4 Å². The first kappa shape index (κ1) is 23.9. The molecule has 0 spiro atoms. The van der Waals surface area contributed by atoms with Crippen molar-refractivity contribution in [2.45, 2.75) is 43.8 Å². The Morgan fingerprint density at radius 3 is 2.55 bits per heavy atom. The number of carboxylic acids is 1. The number of nitrogens with two attached hydrogens (primary N) is 1. The minimum absolute atomic E-state index is 0.116. The van der Waals surface area contributed by atoms with Crippen molar-refractivity contribution in [3.05, 3.63) is 54.1 Å². The predicted octanol–water partition coefficient (Wildman–Crippen LogP) is -0.801. The lowest BCUT2D eigenvalue weighted by Crippen LogP contribution is -2.57. The van der Waals surface area contributed by atoms with Crippen LogP contribution in [-0.4, -0.2) is 74.9 Å². The van der Waals surface area contributed by atoms with E-state index < -0.39 is 41.8 Å². The van der Waals surface area contributed by atoms with E-state index in [-0.39, 0.29) is 19.4 Å². The Hall–Kier alpha value is -3.73. The molecule has 1 fully saturated rings. The maximum Gasteiger partial charge on any atom is 0.326 e. The van der Waals surface area contributed by atoms with Crippen LogP contribution >= 0.6 is 0 Å². The molecule has 3 amide bonds. The average molecular weight is 457 g/mol. The van der Waals surface area contributed by atoms with Gasteiger partial charge in [-0.3, -0.25) is 14.4 Å². The van der Waals surface area contributed by atoms with Crippen LogP contribution in [0, 0.1) is 0 Å². The summed E-state index contributed by atoms with van der Waals surface area (Å²) in [6.45, 7) is 0.00560. The number of hydrogen-bond donors (Lipinski definition) is 5. The molecule has 0 aliphatic carbocycles. The monoisotopic (exact) mass is 456 g/mol. The molecule has 3 atom stereocenters. The molecule has 1 aromatic carbocycles. The number of amides is 3. The fourth-order valence-electron chi connectivity index (χ4n) is 3.89. The number of benzene rings is 1. The van der Waals surface area contributed by atoms with Crippen molar-refractivity contribution in [1.82, 2.24) is 25.5 Å². The summed E-state index contributed by atoms with van der Waals surface area (Å²) < 4.78 is 0. The van der Waals surface area contributed by atoms with Gasteiger partial charge in [-0.25, -0.2) is 9.78 Å². The van der Waals surface area contributed by atoms with Gasteiger partial charge in [-0.2, -0.15) is 0 Å². The van der Waals surface area contributed by atoms with E-state index in [4.69, 9.17) is 5.73 Å². The third-order valence-electron chi connectivity index (χ3n) is 5.53. The molecule has 2 aromatic rings. The molecule has 0 radical (unpaired) electrons. The summed E-state index contributed by atoms with van der Waals surface area (Å²) in [5.74, 6) is -2.64. The van der Waals surface area contributed by atoms with Gasteiger partial charge in [-0.1, -0.05) is 30.3 Å². The van der Waals surface area contributed by atoms with Crippen molar-refractivity contribution >= 4 is 23.7 Å². The first-order valence-electron chi connectivity index (χ1n) is 10.7. The Morgan fingerprint density at radius 1 is 1.15 bits per heavy atom. The molecule has 33 heavy (non-hydrogen) atoms. The maximum atomic E-state index is 13.3. The zero-order valence-electron chi connectivity index (χ0n) is 18.1. The number of aromatic nitrogens is 2. The number of carbonyl (C=O) groups is 4. The lowest BCUT2D eigenvalue weighted by atomic mass is 10.0. The molecule has 1 aliphatic rings. The highest BCUT2D eigenvalue weighted by Gasteiger charge is 2.38. The minimum Gasteiger partial charge on any atom is -0.480 e. The Balaban J connectivity index is 1.82. The van der Waals surface area contributed by atoms with Gasteiger partial charge in [0.05, 0.1) is 12.9 Å². The zero-order valence-corrected chi connectivity index (χ0v) is 18.1. The van der Waals surface area contributed by atoms with Crippen LogP contribution in [0.25, 0.3) is 0 Å². The van der Waals surface area contributed by atoms with Gasteiger partial charge in [0.2, 0.25) is 17.7 Å². The van der Waals surface area contributed by atoms with Crippen LogP contribution in [0.2, 0.25) is 0 Å². The molecule has 1 aromatic heterocycles. The fourth-order valence-corrected chi connectivity index (χ4v) is 3.89. The second kappa shape index (κ2) is 11.2. The third-order valence-corrected chi connectivity index (χ3v) is 5.53.